The van der Waals surface area contributed by atoms with Crippen LogP contribution in [0.1, 0.15) is 60.0 Å². The molecular weight excluding hydrogens is 356 g/mol. The molecule has 5 nitrogen and oxygen atoms in total. The van der Waals surface area contributed by atoms with E-state index in [2.05, 4.69) is 41.2 Å². The summed E-state index contributed by atoms with van der Waals surface area (Å²) >= 11 is 1.60. The summed E-state index contributed by atoms with van der Waals surface area (Å²) in [6, 6.07) is 3.99. The predicted octanol–water partition coefficient (Wildman–Crippen LogP) is 4.02. The zero-order valence-electron chi connectivity index (χ0n) is 16.1. The van der Waals surface area contributed by atoms with Crippen LogP contribution >= 0.6 is 11.3 Å². The summed E-state index contributed by atoms with van der Waals surface area (Å²) in [5.41, 5.74) is 9.12. The molecule has 1 aliphatic heterocycles. The van der Waals surface area contributed by atoms with Gasteiger partial charge in [-0.05, 0) is 67.4 Å². The second kappa shape index (κ2) is 7.44. The number of aromatic amines is 1. The van der Waals surface area contributed by atoms with E-state index in [1.807, 2.05) is 23.6 Å². The Labute approximate surface area is 164 Å². The summed E-state index contributed by atoms with van der Waals surface area (Å²) in [5, 5.41) is 6.28. The van der Waals surface area contributed by atoms with Gasteiger partial charge in [0, 0.05) is 17.9 Å². The number of H-pyrrole nitrogens is 1. The Balaban J connectivity index is 1.74. The maximum Gasteiger partial charge on any atom is 0.273 e. The summed E-state index contributed by atoms with van der Waals surface area (Å²) in [6.45, 7) is 9.60. The van der Waals surface area contributed by atoms with Crippen molar-refractivity contribution in [2.75, 3.05) is 13.1 Å². The number of hydrazone groups is 1. The first-order valence-electron chi connectivity index (χ1n) is 9.70. The van der Waals surface area contributed by atoms with Gasteiger partial charge in [0.2, 0.25) is 0 Å². The molecule has 2 aliphatic rings. The van der Waals surface area contributed by atoms with Gasteiger partial charge in [-0.15, -0.1) is 11.3 Å². The third-order valence-electron chi connectivity index (χ3n) is 5.46. The van der Waals surface area contributed by atoms with Crippen LogP contribution in [0.15, 0.2) is 28.2 Å². The van der Waals surface area contributed by atoms with Gasteiger partial charge in [-0.25, -0.2) is 5.43 Å². The van der Waals surface area contributed by atoms with Crippen LogP contribution in [0.25, 0.3) is 6.08 Å². The molecule has 0 radical (unpaired) electrons. The van der Waals surface area contributed by atoms with E-state index in [1.165, 1.54) is 29.7 Å². The van der Waals surface area contributed by atoms with E-state index >= 15 is 0 Å². The predicted molar refractivity (Wildman–Crippen MR) is 111 cm³/mol. The Kier molecular flexibility index (Phi) is 5.02. The summed E-state index contributed by atoms with van der Waals surface area (Å²) in [4.78, 5) is 19.5. The zero-order valence-corrected chi connectivity index (χ0v) is 16.9. The lowest BCUT2D eigenvalue weighted by molar-refractivity contribution is -0.116. The summed E-state index contributed by atoms with van der Waals surface area (Å²) in [7, 11) is 0. The van der Waals surface area contributed by atoms with Gasteiger partial charge >= 0.3 is 0 Å². The maximum absolute atomic E-state index is 12.4. The molecule has 142 valence electrons. The minimum absolute atomic E-state index is 0.127. The molecule has 6 heteroatoms. The molecule has 1 fully saturated rings. The Hall–Kier alpha value is -2.18. The Morgan fingerprint density at radius 2 is 2.11 bits per heavy atom. The fourth-order valence-corrected chi connectivity index (χ4v) is 4.48. The number of rotatable bonds is 7. The van der Waals surface area contributed by atoms with Gasteiger partial charge in [0.15, 0.2) is 0 Å². The SMILES string of the molecule is CCN(CC)Cc1c(C)[nH]c(/C=C2/C(=O)NN=C2c2cccs2)c1C1CC1. The number of aromatic nitrogens is 1. The molecule has 0 saturated heterocycles. The van der Waals surface area contributed by atoms with Gasteiger partial charge in [0.05, 0.1) is 10.5 Å². The maximum atomic E-state index is 12.4. The molecule has 0 unspecified atom stereocenters. The average molecular weight is 383 g/mol. The number of carbonyl (C=O) groups excluding carboxylic acids is 1. The highest BCUT2D eigenvalue weighted by molar-refractivity contribution is 7.12. The number of carbonyl (C=O) groups is 1. The molecule has 0 aromatic carbocycles. The van der Waals surface area contributed by atoms with E-state index in [4.69, 9.17) is 0 Å². The Bertz CT molecular complexity index is 899. The van der Waals surface area contributed by atoms with Crippen LogP contribution in [0.2, 0.25) is 0 Å². The third-order valence-corrected chi connectivity index (χ3v) is 6.34. The Morgan fingerprint density at radius 1 is 1.33 bits per heavy atom. The molecule has 1 amide bonds. The van der Waals surface area contributed by atoms with Gasteiger partial charge in [0.1, 0.15) is 5.71 Å². The molecule has 4 rings (SSSR count). The first-order chi connectivity index (χ1) is 13.1. The first-order valence-corrected chi connectivity index (χ1v) is 10.6. The lowest BCUT2D eigenvalue weighted by Gasteiger charge is -2.19. The van der Waals surface area contributed by atoms with Gasteiger partial charge < -0.3 is 4.98 Å². The third kappa shape index (κ3) is 3.51. The summed E-state index contributed by atoms with van der Waals surface area (Å²) < 4.78 is 0. The average Bonchev–Trinajstić information content (AvgIpc) is 3.08. The van der Waals surface area contributed by atoms with Gasteiger partial charge in [-0.2, -0.15) is 5.10 Å². The van der Waals surface area contributed by atoms with Crippen molar-refractivity contribution in [1.29, 1.82) is 0 Å². The van der Waals surface area contributed by atoms with Crippen LogP contribution in [0.5, 0.6) is 0 Å². The number of nitrogens with zero attached hydrogens (tertiary/aromatic N) is 2. The van der Waals surface area contributed by atoms with Gasteiger partial charge in [-0.3, -0.25) is 9.69 Å². The van der Waals surface area contributed by atoms with Crippen LogP contribution in [-0.4, -0.2) is 34.6 Å². The highest BCUT2D eigenvalue weighted by Gasteiger charge is 2.32. The smallest absolute Gasteiger partial charge is 0.273 e. The largest absolute Gasteiger partial charge is 0.359 e. The van der Waals surface area contributed by atoms with Crippen molar-refractivity contribution in [3.63, 3.8) is 0 Å². The fourth-order valence-electron chi connectivity index (χ4n) is 3.75. The summed E-state index contributed by atoms with van der Waals surface area (Å²) in [5.74, 6) is 0.483. The van der Waals surface area contributed by atoms with Crippen LogP contribution in [-0.2, 0) is 11.3 Å². The highest BCUT2D eigenvalue weighted by atomic mass is 32.1. The van der Waals surface area contributed by atoms with Crippen molar-refractivity contribution >= 4 is 29.0 Å². The first kappa shape index (κ1) is 18.2. The molecular formula is C21H26N4OS. The van der Waals surface area contributed by atoms with E-state index in [-0.39, 0.29) is 5.91 Å². The van der Waals surface area contributed by atoms with E-state index in [0.29, 0.717) is 11.5 Å². The number of hydrogen-bond donors (Lipinski definition) is 2. The second-order valence-corrected chi connectivity index (χ2v) is 8.18. The monoisotopic (exact) mass is 382 g/mol. The van der Waals surface area contributed by atoms with Gasteiger partial charge in [0.25, 0.3) is 5.91 Å². The van der Waals surface area contributed by atoms with Crippen molar-refractivity contribution in [1.82, 2.24) is 15.3 Å². The number of nitrogens with one attached hydrogen (secondary N) is 2. The lowest BCUT2D eigenvalue weighted by Crippen LogP contribution is -2.22. The van der Waals surface area contributed by atoms with Gasteiger partial charge in [-0.1, -0.05) is 19.9 Å². The topological polar surface area (TPSA) is 60.5 Å². The second-order valence-electron chi connectivity index (χ2n) is 7.23. The quantitative estimate of drug-likeness (QED) is 0.711. The van der Waals surface area contributed by atoms with E-state index < -0.39 is 0 Å². The van der Waals surface area contributed by atoms with Crippen LogP contribution in [0.3, 0.4) is 0 Å². The minimum Gasteiger partial charge on any atom is -0.359 e. The minimum atomic E-state index is -0.127. The lowest BCUT2D eigenvalue weighted by atomic mass is 10.0. The molecule has 2 aromatic heterocycles. The Morgan fingerprint density at radius 3 is 2.74 bits per heavy atom. The number of hydrogen-bond acceptors (Lipinski definition) is 4. The highest BCUT2D eigenvalue weighted by Crippen LogP contribution is 2.45. The molecule has 3 heterocycles. The molecule has 0 spiro atoms. The van der Waals surface area contributed by atoms with Crippen molar-refractivity contribution in [3.05, 3.63) is 50.5 Å². The summed E-state index contributed by atoms with van der Waals surface area (Å²) in [6.07, 6.45) is 4.47. The van der Waals surface area contributed by atoms with Crippen molar-refractivity contribution < 1.29 is 4.79 Å². The van der Waals surface area contributed by atoms with E-state index in [9.17, 15) is 4.79 Å². The molecule has 2 aromatic rings. The van der Waals surface area contributed by atoms with E-state index in [0.717, 1.165) is 35.9 Å². The normalized spacial score (nSPS) is 18.4. The zero-order chi connectivity index (χ0) is 19.0. The number of amides is 1. The number of aryl methyl sites for hydroxylation is 1. The van der Waals surface area contributed by atoms with Crippen LogP contribution in [0.4, 0.5) is 0 Å². The van der Waals surface area contributed by atoms with Crippen LogP contribution < -0.4 is 5.43 Å². The van der Waals surface area contributed by atoms with E-state index in [1.54, 1.807) is 11.3 Å². The van der Waals surface area contributed by atoms with Crippen LogP contribution in [0, 0.1) is 6.92 Å². The molecule has 2 N–H and O–H groups in total. The van der Waals surface area contributed by atoms with Crippen molar-refractivity contribution in [3.8, 4) is 0 Å². The van der Waals surface area contributed by atoms with Crippen molar-refractivity contribution in [2.45, 2.75) is 46.1 Å². The standard InChI is InChI=1S/C21H26N4OS/c1-4-25(5-2)12-16-13(3)22-17(19(16)14-8-9-14)11-15-20(23-24-21(15)26)18-7-6-10-27-18/h6-7,10-11,14,22H,4-5,8-9,12H2,1-3H3,(H,24,26)/b15-11+. The molecule has 1 aliphatic carbocycles. The van der Waals surface area contributed by atoms with Crippen molar-refractivity contribution in [2.24, 2.45) is 5.10 Å². The molecule has 0 atom stereocenters. The number of thiophene rings is 1. The fraction of sp³-hybridized carbons (Fsp3) is 0.429. The molecule has 1 saturated carbocycles. The molecule has 27 heavy (non-hydrogen) atoms. The molecule has 0 bridgehead atoms.